The van der Waals surface area contributed by atoms with Crippen molar-refractivity contribution in [3.05, 3.63) is 34.9 Å². The molecule has 3 spiro atoms. The minimum absolute atomic E-state index is 0.0490. The molecule has 1 aromatic rings. The van der Waals surface area contributed by atoms with Crippen molar-refractivity contribution in [2.24, 2.45) is 11.3 Å². The van der Waals surface area contributed by atoms with Gasteiger partial charge in [0.1, 0.15) is 0 Å². The SMILES string of the molecule is CC(C)N1CCC2(CC1)OCc1c(C3CC4(CCN3C(C)C)CC4C3CCC4(CCC4)N3C(C)C)cccc12. The van der Waals surface area contributed by atoms with Gasteiger partial charge in [0.25, 0.3) is 0 Å². The fourth-order valence-electron chi connectivity index (χ4n) is 10.5. The van der Waals surface area contributed by atoms with E-state index in [-0.39, 0.29) is 5.60 Å². The zero-order valence-corrected chi connectivity index (χ0v) is 25.8. The molecule has 0 radical (unpaired) electrons. The lowest BCUT2D eigenvalue weighted by molar-refractivity contribution is -0.0826. The molecule has 4 heterocycles. The Morgan fingerprint density at radius 2 is 1.59 bits per heavy atom. The number of piperidine rings is 2. The highest BCUT2D eigenvalue weighted by Gasteiger charge is 2.64. The van der Waals surface area contributed by atoms with Gasteiger partial charge >= 0.3 is 0 Å². The average Bonchev–Trinajstić information content (AvgIpc) is 3.24. The molecule has 3 saturated heterocycles. The van der Waals surface area contributed by atoms with Crippen molar-refractivity contribution in [3.8, 4) is 0 Å². The Morgan fingerprint density at radius 1 is 0.821 bits per heavy atom. The first kappa shape index (κ1) is 26.9. The number of fused-ring (bicyclic) bond motifs is 2. The van der Waals surface area contributed by atoms with Crippen molar-refractivity contribution >= 4 is 0 Å². The Balaban J connectivity index is 1.16. The molecule has 0 N–H and O–H groups in total. The summed E-state index contributed by atoms with van der Waals surface area (Å²) >= 11 is 0. The van der Waals surface area contributed by atoms with Gasteiger partial charge in [0.05, 0.1) is 12.2 Å². The summed E-state index contributed by atoms with van der Waals surface area (Å²) in [7, 11) is 0. The highest BCUT2D eigenvalue weighted by molar-refractivity contribution is 5.44. The van der Waals surface area contributed by atoms with Crippen LogP contribution in [0.25, 0.3) is 0 Å². The number of nitrogens with zero attached hydrogens (tertiary/aromatic N) is 3. The van der Waals surface area contributed by atoms with E-state index in [2.05, 4.69) is 74.4 Å². The predicted octanol–water partition coefficient (Wildman–Crippen LogP) is 7.26. The zero-order chi connectivity index (χ0) is 27.2. The topological polar surface area (TPSA) is 19.0 Å². The summed E-state index contributed by atoms with van der Waals surface area (Å²) in [6, 6.07) is 10.6. The van der Waals surface area contributed by atoms with Crippen LogP contribution in [0, 0.1) is 11.3 Å². The molecular formula is C35H55N3O. The molecule has 7 rings (SSSR count). The second-order valence-electron chi connectivity index (χ2n) is 15.4. The van der Waals surface area contributed by atoms with Gasteiger partial charge in [-0.25, -0.2) is 0 Å². The molecule has 5 fully saturated rings. The largest absolute Gasteiger partial charge is 0.365 e. The van der Waals surface area contributed by atoms with Crippen molar-refractivity contribution in [1.82, 2.24) is 14.7 Å². The molecule has 4 heteroatoms. The molecule has 4 unspecified atom stereocenters. The van der Waals surface area contributed by atoms with E-state index in [1.165, 1.54) is 63.5 Å². The van der Waals surface area contributed by atoms with Gasteiger partial charge in [0.2, 0.25) is 0 Å². The maximum Gasteiger partial charge on any atom is 0.0963 e. The van der Waals surface area contributed by atoms with Crippen LogP contribution in [0.15, 0.2) is 18.2 Å². The molecule has 4 nitrogen and oxygen atoms in total. The van der Waals surface area contributed by atoms with Crippen molar-refractivity contribution < 1.29 is 4.74 Å². The van der Waals surface area contributed by atoms with Gasteiger partial charge in [0.15, 0.2) is 0 Å². The molecule has 0 bridgehead atoms. The Morgan fingerprint density at radius 3 is 2.23 bits per heavy atom. The molecule has 4 aliphatic heterocycles. The van der Waals surface area contributed by atoms with Crippen LogP contribution in [0.4, 0.5) is 0 Å². The summed E-state index contributed by atoms with van der Waals surface area (Å²) in [6.45, 7) is 18.9. The van der Waals surface area contributed by atoms with E-state index in [1.54, 1.807) is 11.1 Å². The van der Waals surface area contributed by atoms with Crippen molar-refractivity contribution in [2.75, 3.05) is 19.6 Å². The van der Waals surface area contributed by atoms with Crippen LogP contribution in [0.3, 0.4) is 0 Å². The number of hydrogen-bond donors (Lipinski definition) is 0. The number of likely N-dealkylation sites (tertiary alicyclic amines) is 3. The van der Waals surface area contributed by atoms with Gasteiger partial charge in [-0.2, -0.15) is 0 Å². The van der Waals surface area contributed by atoms with E-state index < -0.39 is 0 Å². The number of hydrogen-bond acceptors (Lipinski definition) is 4. The van der Waals surface area contributed by atoms with Crippen molar-refractivity contribution in [3.63, 3.8) is 0 Å². The standard InChI is InChI=1S/C35H55N3O/c1-24(2)36-18-16-35(17-19-36)29-10-7-9-27(28(29)23-39-35)32-22-33(15-20-37(32)25(3)4)21-30(33)31-11-14-34(12-8-13-34)38(31)26(5)6/h7,9-10,24-26,30-32H,8,11-23H2,1-6H3. The lowest BCUT2D eigenvalue weighted by atomic mass is 9.74. The molecule has 2 saturated carbocycles. The Kier molecular flexibility index (Phi) is 6.59. The number of benzene rings is 1. The minimum Gasteiger partial charge on any atom is -0.365 e. The van der Waals surface area contributed by atoms with Crippen molar-refractivity contribution in [2.45, 2.75) is 154 Å². The van der Waals surface area contributed by atoms with Gasteiger partial charge in [0, 0.05) is 48.8 Å². The van der Waals surface area contributed by atoms with E-state index in [0.717, 1.165) is 44.5 Å². The summed E-state index contributed by atoms with van der Waals surface area (Å²) in [5.41, 5.74) is 5.78. The van der Waals surface area contributed by atoms with Gasteiger partial charge in [-0.15, -0.1) is 0 Å². The molecular weight excluding hydrogens is 478 g/mol. The van der Waals surface area contributed by atoms with Crippen LogP contribution < -0.4 is 0 Å². The summed E-state index contributed by atoms with van der Waals surface area (Å²) in [5.74, 6) is 0.913. The van der Waals surface area contributed by atoms with Crippen LogP contribution in [-0.4, -0.2) is 64.0 Å². The Hall–Kier alpha value is -0.940. The zero-order valence-electron chi connectivity index (χ0n) is 25.8. The fraction of sp³-hybridized carbons (Fsp3) is 0.829. The van der Waals surface area contributed by atoms with Gasteiger partial charge in [-0.3, -0.25) is 9.80 Å². The maximum absolute atomic E-state index is 6.81. The first-order valence-corrected chi connectivity index (χ1v) is 16.7. The molecule has 0 aromatic heterocycles. The molecule has 39 heavy (non-hydrogen) atoms. The second kappa shape index (κ2) is 9.54. The molecule has 6 aliphatic rings. The van der Waals surface area contributed by atoms with Crippen LogP contribution in [0.5, 0.6) is 0 Å². The normalized spacial score (nSPS) is 36.1. The molecule has 1 aromatic carbocycles. The molecule has 216 valence electrons. The highest BCUT2D eigenvalue weighted by Crippen LogP contribution is 2.68. The van der Waals surface area contributed by atoms with E-state index in [9.17, 15) is 0 Å². The monoisotopic (exact) mass is 533 g/mol. The summed E-state index contributed by atoms with van der Waals surface area (Å²) in [4.78, 5) is 8.53. The van der Waals surface area contributed by atoms with Gasteiger partial charge in [-0.05, 0) is 140 Å². The maximum atomic E-state index is 6.81. The van der Waals surface area contributed by atoms with Crippen LogP contribution in [0.1, 0.15) is 128 Å². The molecule has 4 atom stereocenters. The second-order valence-corrected chi connectivity index (χ2v) is 15.4. The van der Waals surface area contributed by atoms with E-state index in [1.807, 2.05) is 0 Å². The summed E-state index contributed by atoms with van der Waals surface area (Å²) in [5, 5.41) is 0. The third-order valence-corrected chi connectivity index (χ3v) is 12.8. The third kappa shape index (κ3) is 4.13. The minimum atomic E-state index is -0.0490. The van der Waals surface area contributed by atoms with E-state index in [0.29, 0.717) is 35.1 Å². The number of ether oxygens (including phenoxy) is 1. The van der Waals surface area contributed by atoms with Crippen LogP contribution >= 0.6 is 0 Å². The predicted molar refractivity (Wildman–Crippen MR) is 160 cm³/mol. The van der Waals surface area contributed by atoms with E-state index in [4.69, 9.17) is 4.74 Å². The Labute approximate surface area is 238 Å². The fourth-order valence-corrected chi connectivity index (χ4v) is 10.5. The highest BCUT2D eigenvalue weighted by atomic mass is 16.5. The van der Waals surface area contributed by atoms with E-state index >= 15 is 0 Å². The lowest BCUT2D eigenvalue weighted by Crippen LogP contribution is -2.55. The quantitative estimate of drug-likeness (QED) is 0.396. The van der Waals surface area contributed by atoms with Gasteiger partial charge in [-0.1, -0.05) is 18.2 Å². The first-order valence-electron chi connectivity index (χ1n) is 16.7. The summed E-state index contributed by atoms with van der Waals surface area (Å²) < 4.78 is 6.81. The van der Waals surface area contributed by atoms with Gasteiger partial charge < -0.3 is 9.64 Å². The van der Waals surface area contributed by atoms with Crippen molar-refractivity contribution in [1.29, 1.82) is 0 Å². The Bertz CT molecular complexity index is 1070. The molecule has 0 amide bonds. The number of rotatable bonds is 5. The molecule has 2 aliphatic carbocycles. The smallest absolute Gasteiger partial charge is 0.0963 e. The summed E-state index contributed by atoms with van der Waals surface area (Å²) in [6.07, 6.45) is 13.8. The van der Waals surface area contributed by atoms with Crippen LogP contribution in [-0.2, 0) is 16.9 Å². The first-order chi connectivity index (χ1) is 18.7. The third-order valence-electron chi connectivity index (χ3n) is 12.8. The van der Waals surface area contributed by atoms with Crippen LogP contribution in [0.2, 0.25) is 0 Å². The lowest BCUT2D eigenvalue weighted by Gasteiger charge is -2.51. The average molecular weight is 534 g/mol.